The van der Waals surface area contributed by atoms with Crippen LogP contribution in [0.2, 0.25) is 0 Å². The second kappa shape index (κ2) is 6.96. The molecule has 0 amide bonds. The number of nitrogens with one attached hydrogen (secondary N) is 1. The van der Waals surface area contributed by atoms with Crippen LogP contribution >= 0.6 is 0 Å². The summed E-state index contributed by atoms with van der Waals surface area (Å²) in [4.78, 5) is 17.7. The minimum atomic E-state index is -1.21. The van der Waals surface area contributed by atoms with E-state index >= 15 is 0 Å². The maximum atomic E-state index is 12.9. The molecule has 26 heavy (non-hydrogen) atoms. The number of aryl methyl sites for hydroxylation is 1. The largest absolute Gasteiger partial charge is 0.598 e. The summed E-state index contributed by atoms with van der Waals surface area (Å²) in [5.41, 5.74) is 2.52. The number of aromatic nitrogens is 2. The molecule has 2 atom stereocenters. The molecule has 0 bridgehead atoms. The Labute approximate surface area is 157 Å². The van der Waals surface area contributed by atoms with Crippen LogP contribution in [-0.2, 0) is 23.1 Å². The molecule has 3 rings (SSSR count). The first-order valence-electron chi connectivity index (χ1n) is 8.86. The van der Waals surface area contributed by atoms with Crippen LogP contribution in [-0.4, -0.2) is 32.1 Å². The summed E-state index contributed by atoms with van der Waals surface area (Å²) < 4.78 is 22.2. The topological polar surface area (TPSA) is 79.2 Å². The van der Waals surface area contributed by atoms with Gasteiger partial charge < -0.3 is 9.29 Å². The fourth-order valence-electron chi connectivity index (χ4n) is 3.05. The number of fused-ring (bicyclic) bond motifs is 1. The molecular formula is C19H27N3O3S. The minimum Gasteiger partial charge on any atom is -0.598 e. The lowest BCUT2D eigenvalue weighted by Crippen LogP contribution is -2.40. The Balaban J connectivity index is 2.12. The van der Waals surface area contributed by atoms with Gasteiger partial charge in [0, 0.05) is 24.0 Å². The molecular weight excluding hydrogens is 350 g/mol. The van der Waals surface area contributed by atoms with Crippen molar-refractivity contribution >= 4 is 22.3 Å². The predicted molar refractivity (Wildman–Crippen MR) is 105 cm³/mol. The van der Waals surface area contributed by atoms with Crippen molar-refractivity contribution in [3.05, 3.63) is 39.4 Å². The average Bonchev–Trinajstić information content (AvgIpc) is 2.49. The van der Waals surface area contributed by atoms with Crippen molar-refractivity contribution in [3.63, 3.8) is 0 Å². The Morgan fingerprint density at radius 3 is 2.58 bits per heavy atom. The lowest BCUT2D eigenvalue weighted by molar-refractivity contribution is 0.00340. The Morgan fingerprint density at radius 1 is 1.38 bits per heavy atom. The van der Waals surface area contributed by atoms with Gasteiger partial charge in [0.05, 0.1) is 36.1 Å². The van der Waals surface area contributed by atoms with Crippen molar-refractivity contribution in [2.24, 2.45) is 7.05 Å². The second-order valence-electron chi connectivity index (χ2n) is 8.04. The normalized spacial score (nSPS) is 18.0. The van der Waals surface area contributed by atoms with E-state index < -0.39 is 11.4 Å². The van der Waals surface area contributed by atoms with E-state index in [2.05, 4.69) is 4.72 Å². The Morgan fingerprint density at radius 2 is 2.04 bits per heavy atom. The van der Waals surface area contributed by atoms with E-state index in [1.165, 1.54) is 0 Å². The number of hydrogen-bond donors (Lipinski definition) is 1. The highest BCUT2D eigenvalue weighted by Crippen LogP contribution is 2.28. The quantitative estimate of drug-likeness (QED) is 0.828. The Kier molecular flexibility index (Phi) is 5.18. The first kappa shape index (κ1) is 19.4. The molecule has 1 N–H and O–H groups in total. The third-order valence-electron chi connectivity index (χ3n) is 4.70. The molecule has 0 aliphatic carbocycles. The molecule has 1 aromatic heterocycles. The number of hydrogen-bond acceptors (Lipinski definition) is 5. The van der Waals surface area contributed by atoms with Gasteiger partial charge >= 0.3 is 0 Å². The molecule has 1 saturated heterocycles. The van der Waals surface area contributed by atoms with Crippen molar-refractivity contribution in [1.29, 1.82) is 0 Å². The third-order valence-corrected chi connectivity index (χ3v) is 6.38. The van der Waals surface area contributed by atoms with Gasteiger partial charge in [-0.3, -0.25) is 9.36 Å². The van der Waals surface area contributed by atoms with E-state index in [1.807, 2.05) is 46.8 Å². The molecule has 0 saturated carbocycles. The van der Waals surface area contributed by atoms with Crippen LogP contribution in [0.3, 0.4) is 0 Å². The van der Waals surface area contributed by atoms with Gasteiger partial charge in [0.25, 0.3) is 5.56 Å². The van der Waals surface area contributed by atoms with E-state index in [1.54, 1.807) is 11.6 Å². The van der Waals surface area contributed by atoms with Crippen LogP contribution in [0.15, 0.2) is 16.9 Å². The lowest BCUT2D eigenvalue weighted by atomic mass is 10.0. The van der Waals surface area contributed by atoms with E-state index in [-0.39, 0.29) is 22.3 Å². The predicted octanol–water partition coefficient (Wildman–Crippen LogP) is 2.47. The van der Waals surface area contributed by atoms with Gasteiger partial charge in [-0.15, -0.1) is 4.72 Å². The van der Waals surface area contributed by atoms with Crippen molar-refractivity contribution in [1.82, 2.24) is 14.3 Å². The fraction of sp³-hybridized carbons (Fsp3) is 0.579. The van der Waals surface area contributed by atoms with Crippen molar-refractivity contribution in [2.45, 2.75) is 51.3 Å². The standard InChI is InChI=1S/C19H27N3O3S/c1-11-7-14(12(2)21-26(24)19(3,4)5)16-15(8-11)18(23)22(6)17(20-16)13-9-25-10-13/h7-8,12-13,21H,9-10H2,1-6H3/t12?,26-/m1/s1. The number of rotatable bonds is 4. The van der Waals surface area contributed by atoms with Gasteiger partial charge in [-0.2, -0.15) is 0 Å². The molecule has 1 fully saturated rings. The summed E-state index contributed by atoms with van der Waals surface area (Å²) in [6.07, 6.45) is 0. The molecule has 1 aromatic carbocycles. The highest BCUT2D eigenvalue weighted by Gasteiger charge is 2.30. The zero-order valence-electron chi connectivity index (χ0n) is 16.3. The summed E-state index contributed by atoms with van der Waals surface area (Å²) in [7, 11) is 1.76. The Hall–Kier alpha value is -1.41. The van der Waals surface area contributed by atoms with Gasteiger partial charge in [0.1, 0.15) is 10.6 Å². The molecule has 0 spiro atoms. The van der Waals surface area contributed by atoms with E-state index in [9.17, 15) is 9.35 Å². The van der Waals surface area contributed by atoms with Gasteiger partial charge in [-0.1, -0.05) is 6.07 Å². The number of ether oxygens (including phenoxy) is 1. The van der Waals surface area contributed by atoms with E-state index in [0.717, 1.165) is 17.0 Å². The molecule has 142 valence electrons. The number of benzene rings is 1. The highest BCUT2D eigenvalue weighted by atomic mass is 32.2. The van der Waals surface area contributed by atoms with Crippen molar-refractivity contribution < 1.29 is 9.29 Å². The van der Waals surface area contributed by atoms with Crippen LogP contribution in [0.4, 0.5) is 0 Å². The smallest absolute Gasteiger partial charge is 0.261 e. The van der Waals surface area contributed by atoms with Crippen LogP contribution in [0, 0.1) is 6.92 Å². The average molecular weight is 378 g/mol. The molecule has 1 unspecified atom stereocenters. The van der Waals surface area contributed by atoms with Gasteiger partial charge in [-0.25, -0.2) is 4.98 Å². The molecule has 2 aromatic rings. The summed E-state index contributed by atoms with van der Waals surface area (Å²) in [5, 5.41) is 0.599. The summed E-state index contributed by atoms with van der Waals surface area (Å²) >= 11 is -1.21. The molecule has 6 nitrogen and oxygen atoms in total. The lowest BCUT2D eigenvalue weighted by Gasteiger charge is -2.28. The molecule has 7 heteroatoms. The monoisotopic (exact) mass is 377 g/mol. The van der Waals surface area contributed by atoms with Crippen LogP contribution in [0.1, 0.15) is 56.6 Å². The van der Waals surface area contributed by atoms with E-state index in [4.69, 9.17) is 9.72 Å². The minimum absolute atomic E-state index is 0.0500. The molecule has 0 radical (unpaired) electrons. The maximum absolute atomic E-state index is 12.9. The van der Waals surface area contributed by atoms with Crippen LogP contribution in [0.25, 0.3) is 10.9 Å². The SMILES string of the molecule is Cc1cc(C(C)N[S@+]([O-])C(C)(C)C)c2nc(C3COC3)n(C)c(=O)c2c1. The third kappa shape index (κ3) is 3.53. The second-order valence-corrected chi connectivity index (χ2v) is 10.0. The van der Waals surface area contributed by atoms with Gasteiger partial charge in [0.15, 0.2) is 0 Å². The Bertz CT molecular complexity index is 884. The first-order valence-corrected chi connectivity index (χ1v) is 10.0. The van der Waals surface area contributed by atoms with Gasteiger partial charge in [0.2, 0.25) is 0 Å². The zero-order valence-corrected chi connectivity index (χ0v) is 17.1. The first-order chi connectivity index (χ1) is 12.1. The molecule has 1 aliphatic rings. The van der Waals surface area contributed by atoms with E-state index in [0.29, 0.717) is 24.1 Å². The number of nitrogens with zero attached hydrogens (tertiary/aromatic N) is 2. The highest BCUT2D eigenvalue weighted by molar-refractivity contribution is 7.90. The summed E-state index contributed by atoms with van der Waals surface area (Å²) in [6.45, 7) is 10.9. The maximum Gasteiger partial charge on any atom is 0.261 e. The van der Waals surface area contributed by atoms with Crippen molar-refractivity contribution in [2.75, 3.05) is 13.2 Å². The fourth-order valence-corrected chi connectivity index (χ4v) is 3.85. The molecule has 2 heterocycles. The summed E-state index contributed by atoms with van der Waals surface area (Å²) in [6, 6.07) is 3.71. The zero-order chi connectivity index (χ0) is 19.2. The molecule has 1 aliphatic heterocycles. The van der Waals surface area contributed by atoms with Crippen LogP contribution < -0.4 is 10.3 Å². The van der Waals surface area contributed by atoms with Crippen LogP contribution in [0.5, 0.6) is 0 Å². The van der Waals surface area contributed by atoms with Crippen molar-refractivity contribution in [3.8, 4) is 0 Å². The van der Waals surface area contributed by atoms with Gasteiger partial charge in [-0.05, 0) is 46.2 Å². The summed E-state index contributed by atoms with van der Waals surface area (Å²) in [5.74, 6) is 0.904.